The van der Waals surface area contributed by atoms with Gasteiger partial charge in [0.1, 0.15) is 0 Å². The molecular formula is C41H67N3O7. The van der Waals surface area contributed by atoms with Gasteiger partial charge in [-0.15, -0.1) is 0 Å². The van der Waals surface area contributed by atoms with Crippen molar-refractivity contribution in [2.75, 3.05) is 33.9 Å². The Morgan fingerprint density at radius 2 is 1.80 bits per heavy atom. The molecule has 0 radical (unpaired) electrons. The number of carbonyl (C=O) groups is 1. The maximum Gasteiger partial charge on any atom is 0.302 e. The van der Waals surface area contributed by atoms with Crippen LogP contribution in [0.3, 0.4) is 0 Å². The molecule has 3 heterocycles. The molecule has 3 aliphatic heterocycles. The van der Waals surface area contributed by atoms with Gasteiger partial charge in [-0.1, -0.05) is 12.2 Å². The summed E-state index contributed by atoms with van der Waals surface area (Å²) in [5.74, 6) is 3.70. The molecule has 10 heteroatoms. The molecule has 2 saturated heterocycles. The molecule has 51 heavy (non-hydrogen) atoms. The maximum absolute atomic E-state index is 12.4. The van der Waals surface area contributed by atoms with Gasteiger partial charge in [-0.25, -0.2) is 0 Å². The summed E-state index contributed by atoms with van der Waals surface area (Å²) in [6.07, 6.45) is 17.6. The SMILES string of the molecule is CN[C@H]1C=CC2C(OC1)C(O)CCC2[C@H]1OC2C(CCC3C4C(CC(O)CC4OC)C[C@]4(CC[C@H](CC5CCC(N)NC5)C4)C32)[C@H]1COC(C)=O. The molecule has 288 valence electrons. The molecule has 0 aromatic heterocycles. The molecule has 0 aromatic carbocycles. The van der Waals surface area contributed by atoms with E-state index in [0.29, 0.717) is 61.1 Å². The van der Waals surface area contributed by atoms with Crippen LogP contribution in [0.4, 0.5) is 0 Å². The first-order chi connectivity index (χ1) is 24.7. The Morgan fingerprint density at radius 3 is 2.57 bits per heavy atom. The van der Waals surface area contributed by atoms with Crippen LogP contribution in [0, 0.1) is 64.6 Å². The quantitative estimate of drug-likeness (QED) is 0.195. The number of fused-ring (bicyclic) bond motifs is 7. The monoisotopic (exact) mass is 713 g/mol. The van der Waals surface area contributed by atoms with Crippen LogP contribution < -0.4 is 16.4 Å². The van der Waals surface area contributed by atoms with Crippen molar-refractivity contribution < 1.29 is 34.0 Å². The molecule has 7 fully saturated rings. The Bertz CT molecular complexity index is 1250. The number of hydrogen-bond acceptors (Lipinski definition) is 10. The summed E-state index contributed by atoms with van der Waals surface area (Å²) >= 11 is 0. The summed E-state index contributed by atoms with van der Waals surface area (Å²) < 4.78 is 26.3. The Kier molecular flexibility index (Phi) is 11.0. The number of piperidine rings is 1. The summed E-state index contributed by atoms with van der Waals surface area (Å²) in [7, 11) is 3.81. The molecule has 0 bridgehead atoms. The molecular weight excluding hydrogens is 646 g/mol. The lowest BCUT2D eigenvalue weighted by atomic mass is 9.45. The van der Waals surface area contributed by atoms with E-state index in [2.05, 4.69) is 22.8 Å². The standard InChI is InChI=1S/C41H67N3O7/c1-22(45)49-21-32-30-7-8-31-36-25(15-27(46)16-34(36)48-3)18-41(13-12-23(17-41)14-24-4-11-35(42)44-19-24)37(31)40(30)51-38(32)28-9-10-33(47)39-29(28)6-5-26(43-2)20-50-39/h5-6,23-40,43-44,46-47H,4,7-21,42H2,1-3H3/t23-,24?,25?,26+,27?,28?,29?,30?,31?,32-,33?,34?,35?,36?,37?,38-,39?,40?,41-/m1/s1. The van der Waals surface area contributed by atoms with Crippen LogP contribution in [0.1, 0.15) is 90.4 Å². The van der Waals surface area contributed by atoms with Crippen LogP contribution in [0.15, 0.2) is 12.2 Å². The van der Waals surface area contributed by atoms with Crippen molar-refractivity contribution in [3.05, 3.63) is 12.2 Å². The summed E-state index contributed by atoms with van der Waals surface area (Å²) in [4.78, 5) is 12.4. The predicted molar refractivity (Wildman–Crippen MR) is 193 cm³/mol. The molecule has 1 spiro atoms. The predicted octanol–water partition coefficient (Wildman–Crippen LogP) is 3.77. The van der Waals surface area contributed by atoms with E-state index in [1.807, 2.05) is 14.2 Å². The van der Waals surface area contributed by atoms with Crippen molar-refractivity contribution in [2.45, 2.75) is 139 Å². The Labute approximate surface area is 305 Å². The van der Waals surface area contributed by atoms with Crippen LogP contribution in [0.2, 0.25) is 0 Å². The highest BCUT2D eigenvalue weighted by atomic mass is 16.5. The molecule has 6 N–H and O–H groups in total. The van der Waals surface area contributed by atoms with Crippen molar-refractivity contribution in [1.29, 1.82) is 0 Å². The van der Waals surface area contributed by atoms with Crippen molar-refractivity contribution in [2.24, 2.45) is 70.3 Å². The molecule has 0 amide bonds. The van der Waals surface area contributed by atoms with E-state index in [9.17, 15) is 15.0 Å². The van der Waals surface area contributed by atoms with Crippen LogP contribution in [0.25, 0.3) is 0 Å². The van der Waals surface area contributed by atoms with Crippen LogP contribution in [-0.4, -0.2) is 98.9 Å². The molecule has 8 rings (SSSR count). The van der Waals surface area contributed by atoms with Crippen molar-refractivity contribution >= 4 is 5.97 Å². The van der Waals surface area contributed by atoms with Gasteiger partial charge < -0.3 is 45.5 Å². The third-order valence-corrected chi connectivity index (χ3v) is 15.9. The summed E-state index contributed by atoms with van der Waals surface area (Å²) in [5, 5.41) is 29.2. The van der Waals surface area contributed by atoms with Gasteiger partial charge in [0.15, 0.2) is 0 Å². The summed E-state index contributed by atoms with van der Waals surface area (Å²) in [6, 6.07) is 0.113. The van der Waals surface area contributed by atoms with E-state index >= 15 is 0 Å². The average molecular weight is 714 g/mol. The molecule has 8 aliphatic rings. The maximum atomic E-state index is 12.4. The average Bonchev–Trinajstić information content (AvgIpc) is 3.60. The number of aliphatic hydroxyl groups excluding tert-OH is 2. The number of methoxy groups -OCH3 is 1. The minimum atomic E-state index is -0.497. The van der Waals surface area contributed by atoms with Crippen molar-refractivity contribution in [3.63, 3.8) is 0 Å². The first-order valence-corrected chi connectivity index (χ1v) is 20.8. The molecule has 19 atom stereocenters. The van der Waals surface area contributed by atoms with Gasteiger partial charge in [0.05, 0.1) is 56.0 Å². The minimum Gasteiger partial charge on any atom is -0.465 e. The number of hydrogen-bond donors (Lipinski definition) is 5. The van der Waals surface area contributed by atoms with Gasteiger partial charge in [-0.05, 0) is 150 Å². The van der Waals surface area contributed by atoms with E-state index in [1.165, 1.54) is 39.0 Å². The number of nitrogens with two attached hydrogens (primary N) is 1. The second kappa shape index (κ2) is 15.2. The largest absolute Gasteiger partial charge is 0.465 e. The van der Waals surface area contributed by atoms with E-state index < -0.39 is 6.10 Å². The summed E-state index contributed by atoms with van der Waals surface area (Å²) in [6.45, 7) is 3.49. The second-order valence-electron chi connectivity index (χ2n) is 18.5. The first-order valence-electron chi connectivity index (χ1n) is 20.8. The second-order valence-corrected chi connectivity index (χ2v) is 18.5. The fraction of sp³-hybridized carbons (Fsp3) is 0.927. The van der Waals surface area contributed by atoms with Crippen LogP contribution >= 0.6 is 0 Å². The topological polar surface area (TPSA) is 145 Å². The number of nitrogens with one attached hydrogen (secondary N) is 2. The number of ether oxygens (including phenoxy) is 4. The highest BCUT2D eigenvalue weighted by molar-refractivity contribution is 5.65. The van der Waals surface area contributed by atoms with Crippen LogP contribution in [0.5, 0.6) is 0 Å². The lowest BCUT2D eigenvalue weighted by molar-refractivity contribution is -0.193. The van der Waals surface area contributed by atoms with E-state index in [1.54, 1.807) is 0 Å². The number of rotatable bonds is 7. The van der Waals surface area contributed by atoms with Gasteiger partial charge in [-0.3, -0.25) is 4.79 Å². The van der Waals surface area contributed by atoms with Gasteiger partial charge in [0.25, 0.3) is 0 Å². The molecule has 0 aromatic rings. The van der Waals surface area contributed by atoms with Gasteiger partial charge in [-0.2, -0.15) is 0 Å². The fourth-order valence-corrected chi connectivity index (χ4v) is 13.9. The lowest BCUT2D eigenvalue weighted by Crippen LogP contribution is -2.59. The zero-order valence-corrected chi connectivity index (χ0v) is 31.4. The van der Waals surface area contributed by atoms with Crippen molar-refractivity contribution in [1.82, 2.24) is 10.6 Å². The first kappa shape index (κ1) is 36.8. The zero-order valence-electron chi connectivity index (χ0n) is 31.4. The van der Waals surface area contributed by atoms with Gasteiger partial charge in [0, 0.05) is 31.9 Å². The van der Waals surface area contributed by atoms with E-state index in [0.717, 1.165) is 51.5 Å². The highest BCUT2D eigenvalue weighted by Crippen LogP contribution is 2.68. The molecule has 14 unspecified atom stereocenters. The minimum absolute atomic E-state index is 0.0448. The molecule has 5 aliphatic carbocycles. The van der Waals surface area contributed by atoms with E-state index in [4.69, 9.17) is 24.7 Å². The lowest BCUT2D eigenvalue weighted by Gasteiger charge is -2.61. The zero-order chi connectivity index (χ0) is 35.4. The Balaban J connectivity index is 1.12. The number of aliphatic hydroxyl groups is 2. The van der Waals surface area contributed by atoms with Crippen LogP contribution in [-0.2, 0) is 23.7 Å². The normalized spacial score (nSPS) is 52.4. The molecule has 10 nitrogen and oxygen atoms in total. The fourth-order valence-electron chi connectivity index (χ4n) is 13.9. The van der Waals surface area contributed by atoms with Crippen molar-refractivity contribution in [3.8, 4) is 0 Å². The van der Waals surface area contributed by atoms with Gasteiger partial charge >= 0.3 is 5.97 Å². The Morgan fingerprint density at radius 1 is 0.980 bits per heavy atom. The summed E-state index contributed by atoms with van der Waals surface area (Å²) in [5.41, 5.74) is 6.39. The smallest absolute Gasteiger partial charge is 0.302 e. The number of esters is 1. The highest BCUT2D eigenvalue weighted by Gasteiger charge is 2.66. The third kappa shape index (κ3) is 7.00. The third-order valence-electron chi connectivity index (χ3n) is 15.9. The molecule has 5 saturated carbocycles. The number of likely N-dealkylation sites (N-methyl/N-ethyl adjacent to an activating group) is 1. The van der Waals surface area contributed by atoms with Gasteiger partial charge in [0.2, 0.25) is 0 Å². The Hall–Kier alpha value is -1.11. The number of carbonyl (C=O) groups excluding carboxylic acids is 1. The van der Waals surface area contributed by atoms with E-state index in [-0.39, 0.29) is 71.9 Å².